The Morgan fingerprint density at radius 3 is 2.71 bits per heavy atom. The van der Waals surface area contributed by atoms with E-state index in [1.54, 1.807) is 25.3 Å². The molecule has 0 fully saturated rings. The number of halogens is 3. The molecule has 4 rings (SSSR count). The van der Waals surface area contributed by atoms with E-state index in [9.17, 15) is 18.0 Å². The molecule has 2 heterocycles. The molecule has 0 unspecified atom stereocenters. The van der Waals surface area contributed by atoms with E-state index in [-0.39, 0.29) is 17.2 Å². The summed E-state index contributed by atoms with van der Waals surface area (Å²) in [5.74, 6) is -0.274. The number of aromatic amines is 1. The van der Waals surface area contributed by atoms with Crippen LogP contribution >= 0.6 is 0 Å². The van der Waals surface area contributed by atoms with Crippen molar-refractivity contribution in [3.8, 4) is 5.75 Å². The maximum Gasteiger partial charge on any atom is 0.573 e. The quantitative estimate of drug-likeness (QED) is 0.411. The Labute approximate surface area is 173 Å². The first-order chi connectivity index (χ1) is 14.7. The van der Waals surface area contributed by atoms with Crippen molar-refractivity contribution in [3.63, 3.8) is 0 Å². The van der Waals surface area contributed by atoms with Crippen LogP contribution in [0.5, 0.6) is 5.75 Å². The molecule has 4 aromatic rings. The van der Waals surface area contributed by atoms with Gasteiger partial charge in [0, 0.05) is 25.3 Å². The number of ether oxygens (including phenoxy) is 2. The number of fused-ring (bicyclic) bond motifs is 2. The number of H-pyrrole nitrogens is 1. The van der Waals surface area contributed by atoms with E-state index in [4.69, 9.17) is 10.5 Å². The summed E-state index contributed by atoms with van der Waals surface area (Å²) in [6, 6.07) is 8.70. The van der Waals surface area contributed by atoms with Crippen molar-refractivity contribution in [1.29, 1.82) is 0 Å². The van der Waals surface area contributed by atoms with Gasteiger partial charge in [-0.2, -0.15) is 0 Å². The van der Waals surface area contributed by atoms with E-state index >= 15 is 0 Å². The Morgan fingerprint density at radius 2 is 2.00 bits per heavy atom. The van der Waals surface area contributed by atoms with Crippen LogP contribution in [-0.4, -0.2) is 45.5 Å². The monoisotopic (exact) mass is 434 g/mol. The molecule has 31 heavy (non-hydrogen) atoms. The highest BCUT2D eigenvalue weighted by Gasteiger charge is 2.31. The second-order valence-electron chi connectivity index (χ2n) is 6.58. The zero-order valence-corrected chi connectivity index (χ0v) is 16.2. The maximum atomic E-state index is 12.4. The van der Waals surface area contributed by atoms with Crippen LogP contribution in [0.3, 0.4) is 0 Å². The number of alkyl halides is 3. The number of amides is 1. The summed E-state index contributed by atoms with van der Waals surface area (Å²) >= 11 is 0. The normalized spacial score (nSPS) is 11.9. The molecule has 0 saturated heterocycles. The fourth-order valence-corrected chi connectivity index (χ4v) is 3.14. The number of primary amides is 1. The fourth-order valence-electron chi connectivity index (χ4n) is 3.14. The molecule has 2 aromatic carbocycles. The zero-order valence-electron chi connectivity index (χ0n) is 16.2. The lowest BCUT2D eigenvalue weighted by Crippen LogP contribution is -2.16. The van der Waals surface area contributed by atoms with Gasteiger partial charge in [-0.15, -0.1) is 13.2 Å². The third kappa shape index (κ3) is 4.38. The van der Waals surface area contributed by atoms with Crippen LogP contribution in [0.25, 0.3) is 22.1 Å². The average Bonchev–Trinajstić information content (AvgIpc) is 3.24. The molecule has 0 aliphatic carbocycles. The number of nitrogens with two attached hydrogens (primary N) is 1. The summed E-state index contributed by atoms with van der Waals surface area (Å²) in [5.41, 5.74) is 7.71. The summed E-state index contributed by atoms with van der Waals surface area (Å²) in [5, 5.41) is 3.03. The first-order valence-corrected chi connectivity index (χ1v) is 9.05. The van der Waals surface area contributed by atoms with Gasteiger partial charge in [0.15, 0.2) is 0 Å². The number of methoxy groups -OCH3 is 1. The summed E-state index contributed by atoms with van der Waals surface area (Å²) < 4.78 is 48.3. The van der Waals surface area contributed by atoms with Crippen molar-refractivity contribution in [1.82, 2.24) is 19.5 Å². The molecular formula is C19H17F3N6O3. The number of carbonyl (C=O) groups is 1. The number of aromatic nitrogens is 4. The number of carbonyl (C=O) groups excluding carboxylic acids is 1. The highest BCUT2D eigenvalue weighted by Crippen LogP contribution is 2.28. The van der Waals surface area contributed by atoms with E-state index in [2.05, 4.69) is 25.0 Å². The molecule has 0 aliphatic heterocycles. The molecule has 0 bridgehead atoms. The predicted molar refractivity (Wildman–Crippen MR) is 106 cm³/mol. The molecule has 2 aromatic heterocycles. The van der Waals surface area contributed by atoms with Crippen LogP contribution < -0.4 is 15.8 Å². The Morgan fingerprint density at radius 1 is 1.19 bits per heavy atom. The minimum atomic E-state index is -4.79. The van der Waals surface area contributed by atoms with Gasteiger partial charge in [-0.05, 0) is 30.3 Å². The van der Waals surface area contributed by atoms with Gasteiger partial charge in [-0.1, -0.05) is 0 Å². The molecule has 0 atom stereocenters. The topological polar surface area (TPSA) is 120 Å². The number of benzene rings is 2. The number of rotatable bonds is 7. The van der Waals surface area contributed by atoms with Gasteiger partial charge in [-0.25, -0.2) is 9.97 Å². The molecule has 162 valence electrons. The van der Waals surface area contributed by atoms with Crippen molar-refractivity contribution in [3.05, 3.63) is 42.0 Å². The molecular weight excluding hydrogens is 417 g/mol. The smallest absolute Gasteiger partial charge is 0.406 e. The molecule has 0 saturated carbocycles. The lowest BCUT2D eigenvalue weighted by atomic mass is 10.2. The average molecular weight is 434 g/mol. The summed E-state index contributed by atoms with van der Waals surface area (Å²) in [4.78, 5) is 23.2. The lowest BCUT2D eigenvalue weighted by Gasteiger charge is -2.08. The van der Waals surface area contributed by atoms with E-state index in [0.717, 1.165) is 5.52 Å². The molecule has 0 aliphatic rings. The Bertz CT molecular complexity index is 1260. The van der Waals surface area contributed by atoms with E-state index < -0.39 is 12.3 Å². The van der Waals surface area contributed by atoms with Crippen LogP contribution in [0.4, 0.5) is 25.1 Å². The maximum absolute atomic E-state index is 12.4. The number of nitrogens with one attached hydrogen (secondary N) is 2. The van der Waals surface area contributed by atoms with Crippen LogP contribution in [0.15, 0.2) is 36.4 Å². The molecule has 9 nitrogen and oxygen atoms in total. The second kappa shape index (κ2) is 7.80. The number of nitrogens with zero attached hydrogens (tertiary/aromatic N) is 3. The number of hydrogen-bond donors (Lipinski definition) is 3. The Hall–Kier alpha value is -3.80. The fraction of sp³-hybridized carbons (Fsp3) is 0.211. The largest absolute Gasteiger partial charge is 0.573 e. The third-order valence-electron chi connectivity index (χ3n) is 4.47. The minimum Gasteiger partial charge on any atom is -0.406 e. The van der Waals surface area contributed by atoms with Gasteiger partial charge in [-0.3, -0.25) is 10.1 Å². The third-order valence-corrected chi connectivity index (χ3v) is 4.47. The first kappa shape index (κ1) is 20.5. The molecule has 0 spiro atoms. The summed E-state index contributed by atoms with van der Waals surface area (Å²) in [6.45, 7) is 0.852. The number of hydrogen-bond acceptors (Lipinski definition) is 6. The highest BCUT2D eigenvalue weighted by atomic mass is 19.4. The van der Waals surface area contributed by atoms with E-state index in [1.165, 1.54) is 18.2 Å². The van der Waals surface area contributed by atoms with Gasteiger partial charge in [0.1, 0.15) is 5.75 Å². The first-order valence-electron chi connectivity index (χ1n) is 9.05. The van der Waals surface area contributed by atoms with Gasteiger partial charge in [0.25, 0.3) is 0 Å². The van der Waals surface area contributed by atoms with Crippen molar-refractivity contribution in [2.24, 2.45) is 5.73 Å². The van der Waals surface area contributed by atoms with Crippen molar-refractivity contribution < 1.29 is 27.4 Å². The Kier molecular flexibility index (Phi) is 5.15. The van der Waals surface area contributed by atoms with E-state index in [1.807, 2.05) is 4.57 Å². The van der Waals surface area contributed by atoms with Gasteiger partial charge >= 0.3 is 6.36 Å². The van der Waals surface area contributed by atoms with E-state index in [0.29, 0.717) is 35.7 Å². The van der Waals surface area contributed by atoms with Crippen LogP contribution in [0.1, 0.15) is 10.4 Å². The molecule has 12 heteroatoms. The molecule has 0 radical (unpaired) electrons. The SMILES string of the molecule is COCCn1c(Nc2nc3cc(OC(F)(F)F)ccc3[nH]2)nc2cc(C(N)=O)ccc21. The van der Waals surface area contributed by atoms with Crippen LogP contribution in [0, 0.1) is 0 Å². The zero-order chi connectivity index (χ0) is 22.2. The van der Waals surface area contributed by atoms with Gasteiger partial charge < -0.3 is 24.8 Å². The highest BCUT2D eigenvalue weighted by molar-refractivity contribution is 5.96. The molecule has 4 N–H and O–H groups in total. The van der Waals surface area contributed by atoms with Crippen LogP contribution in [0.2, 0.25) is 0 Å². The predicted octanol–water partition coefficient (Wildman–Crippen LogP) is 3.30. The standard InChI is InChI=1S/C19H17F3N6O3/c1-30-7-6-28-15-5-2-10(16(23)29)8-14(15)26-18(28)27-17-24-12-4-3-11(9-13(12)25-17)31-19(20,21)22/h2-5,8-9H,6-7H2,1H3,(H2,23,29)(H2,24,25,26,27). The van der Waals surface area contributed by atoms with Gasteiger partial charge in [0.2, 0.25) is 17.8 Å². The molecule has 1 amide bonds. The lowest BCUT2D eigenvalue weighted by molar-refractivity contribution is -0.274. The van der Waals surface area contributed by atoms with Crippen molar-refractivity contribution >= 4 is 39.9 Å². The summed E-state index contributed by atoms with van der Waals surface area (Å²) in [7, 11) is 1.57. The number of imidazole rings is 2. The van der Waals surface area contributed by atoms with Crippen molar-refractivity contribution in [2.75, 3.05) is 19.0 Å². The van der Waals surface area contributed by atoms with Crippen molar-refractivity contribution in [2.45, 2.75) is 12.9 Å². The minimum absolute atomic E-state index is 0.267. The number of anilines is 2. The van der Waals surface area contributed by atoms with Gasteiger partial charge in [0.05, 0.1) is 28.7 Å². The summed E-state index contributed by atoms with van der Waals surface area (Å²) in [6.07, 6.45) is -4.79. The second-order valence-corrected chi connectivity index (χ2v) is 6.58. The van der Waals surface area contributed by atoms with Crippen LogP contribution in [-0.2, 0) is 11.3 Å². The Balaban J connectivity index is 1.69.